The minimum absolute atomic E-state index is 0.227. The van der Waals surface area contributed by atoms with E-state index in [0.717, 1.165) is 22.5 Å². The number of aromatic nitrogens is 1. The van der Waals surface area contributed by atoms with Crippen molar-refractivity contribution >= 4 is 5.71 Å². The van der Waals surface area contributed by atoms with Crippen molar-refractivity contribution in [2.24, 2.45) is 5.10 Å². The summed E-state index contributed by atoms with van der Waals surface area (Å²) in [6.07, 6.45) is 6.05. The molecule has 0 atom stereocenters. The molecule has 1 aromatic heterocycles. The molecule has 2 aromatic rings. The fourth-order valence-electron chi connectivity index (χ4n) is 1.90. The average Bonchev–Trinajstić information content (AvgIpc) is 2.91. The van der Waals surface area contributed by atoms with E-state index < -0.39 is 0 Å². The van der Waals surface area contributed by atoms with E-state index in [1.165, 1.54) is 12.1 Å². The minimum atomic E-state index is -0.227. The zero-order chi connectivity index (χ0) is 13.1. The highest BCUT2D eigenvalue weighted by molar-refractivity contribution is 6.09. The molecular formula is C15H11FN3. The molecule has 19 heavy (non-hydrogen) atoms. The second kappa shape index (κ2) is 5.02. The molecule has 3 nitrogen and oxygen atoms in total. The fraction of sp³-hybridized carbons (Fsp3) is 0.0667. The van der Waals surface area contributed by atoms with Crippen LogP contribution in [0.25, 0.3) is 0 Å². The number of benzene rings is 1. The molecule has 0 unspecified atom stereocenters. The molecule has 0 fully saturated rings. The number of halogens is 1. The van der Waals surface area contributed by atoms with E-state index in [-0.39, 0.29) is 5.82 Å². The van der Waals surface area contributed by atoms with Crippen LogP contribution in [-0.4, -0.2) is 10.7 Å². The molecule has 3 rings (SSSR count). The van der Waals surface area contributed by atoms with Gasteiger partial charge >= 0.3 is 0 Å². The highest BCUT2D eigenvalue weighted by Crippen LogP contribution is 2.14. The van der Waals surface area contributed by atoms with Crippen LogP contribution in [0, 0.1) is 5.82 Å². The molecule has 2 heterocycles. The summed E-state index contributed by atoms with van der Waals surface area (Å²) in [5.41, 5.74) is 7.86. The van der Waals surface area contributed by atoms with Crippen LogP contribution in [-0.2, 0) is 6.42 Å². The number of allylic oxidation sites excluding steroid dienone is 2. The van der Waals surface area contributed by atoms with Gasteiger partial charge in [-0.15, -0.1) is 0 Å². The van der Waals surface area contributed by atoms with Crippen LogP contribution >= 0.6 is 0 Å². The fourth-order valence-corrected chi connectivity index (χ4v) is 1.90. The predicted molar refractivity (Wildman–Crippen MR) is 71.1 cm³/mol. The minimum Gasteiger partial charge on any atom is -0.265 e. The van der Waals surface area contributed by atoms with Gasteiger partial charge in [0.1, 0.15) is 5.82 Å². The summed E-state index contributed by atoms with van der Waals surface area (Å²) in [5.74, 6) is -0.227. The van der Waals surface area contributed by atoms with Crippen LogP contribution in [0.4, 0.5) is 4.39 Å². The van der Waals surface area contributed by atoms with Gasteiger partial charge in [0.05, 0.1) is 11.4 Å². The number of hydrogen-bond donors (Lipinski definition) is 0. The van der Waals surface area contributed by atoms with Crippen LogP contribution in [0.1, 0.15) is 11.1 Å². The van der Waals surface area contributed by atoms with E-state index in [4.69, 9.17) is 0 Å². The topological polar surface area (TPSA) is 39.4 Å². The van der Waals surface area contributed by atoms with Crippen LogP contribution < -0.4 is 5.43 Å². The van der Waals surface area contributed by atoms with Crippen molar-refractivity contribution < 1.29 is 4.39 Å². The maximum absolute atomic E-state index is 12.8. The van der Waals surface area contributed by atoms with Crippen molar-refractivity contribution in [2.75, 3.05) is 0 Å². The summed E-state index contributed by atoms with van der Waals surface area (Å²) in [6, 6.07) is 10.2. The standard InChI is InChI=1S/C15H11FN3/c16-13-3-1-11(2-4-13)9-14-10-15(19-18-14)12-5-7-17-8-6-12/h1-8,10H,9H2. The molecule has 1 aromatic carbocycles. The van der Waals surface area contributed by atoms with Crippen molar-refractivity contribution in [2.45, 2.75) is 6.42 Å². The van der Waals surface area contributed by atoms with Crippen LogP contribution in [0.3, 0.4) is 0 Å². The Morgan fingerprint density at radius 2 is 1.68 bits per heavy atom. The molecule has 4 heteroatoms. The average molecular weight is 252 g/mol. The van der Waals surface area contributed by atoms with E-state index in [9.17, 15) is 4.39 Å². The highest BCUT2D eigenvalue weighted by atomic mass is 19.1. The molecular weight excluding hydrogens is 241 g/mol. The number of pyridine rings is 1. The number of rotatable bonds is 3. The predicted octanol–water partition coefficient (Wildman–Crippen LogP) is 2.67. The van der Waals surface area contributed by atoms with E-state index in [0.29, 0.717) is 6.42 Å². The van der Waals surface area contributed by atoms with Crippen LogP contribution in [0.15, 0.2) is 65.7 Å². The van der Waals surface area contributed by atoms with Crippen LogP contribution in [0.2, 0.25) is 0 Å². The maximum Gasteiger partial charge on any atom is 0.123 e. The van der Waals surface area contributed by atoms with Gasteiger partial charge in [0.25, 0.3) is 0 Å². The molecule has 0 aliphatic carbocycles. The molecule has 1 aliphatic rings. The van der Waals surface area contributed by atoms with E-state index in [2.05, 4.69) is 15.5 Å². The quantitative estimate of drug-likeness (QED) is 0.827. The lowest BCUT2D eigenvalue weighted by molar-refractivity contribution is 0.627. The number of hydrogen-bond acceptors (Lipinski definition) is 2. The zero-order valence-electron chi connectivity index (χ0n) is 10.1. The first-order valence-electron chi connectivity index (χ1n) is 5.95. The third-order valence-electron chi connectivity index (χ3n) is 2.86. The van der Waals surface area contributed by atoms with Gasteiger partial charge in [-0.3, -0.25) is 4.98 Å². The Morgan fingerprint density at radius 3 is 2.42 bits per heavy atom. The van der Waals surface area contributed by atoms with Crippen molar-refractivity contribution in [3.05, 3.63) is 77.5 Å². The summed E-state index contributed by atoms with van der Waals surface area (Å²) in [7, 11) is 0. The molecule has 0 spiro atoms. The van der Waals surface area contributed by atoms with Gasteiger partial charge in [-0.1, -0.05) is 12.1 Å². The smallest absolute Gasteiger partial charge is 0.123 e. The SMILES string of the molecule is Fc1ccc(CC2=CC(c3ccncc3)=N[N]2)cc1. The molecule has 0 amide bonds. The van der Waals surface area contributed by atoms with Crippen molar-refractivity contribution in [3.8, 4) is 0 Å². The van der Waals surface area contributed by atoms with E-state index in [1.54, 1.807) is 24.5 Å². The first-order valence-corrected chi connectivity index (χ1v) is 5.95. The Balaban J connectivity index is 1.74. The van der Waals surface area contributed by atoms with Crippen molar-refractivity contribution in [1.82, 2.24) is 10.4 Å². The summed E-state index contributed by atoms with van der Waals surface area (Å²) >= 11 is 0. The van der Waals surface area contributed by atoms with E-state index >= 15 is 0 Å². The van der Waals surface area contributed by atoms with Gasteiger partial charge in [-0.25, -0.2) is 4.39 Å². The van der Waals surface area contributed by atoms with Gasteiger partial charge in [0, 0.05) is 24.4 Å². The van der Waals surface area contributed by atoms with Gasteiger partial charge in [0.15, 0.2) is 0 Å². The summed E-state index contributed by atoms with van der Waals surface area (Å²) in [5, 5.41) is 4.15. The van der Waals surface area contributed by atoms with Gasteiger partial charge in [-0.05, 0) is 35.9 Å². The lowest BCUT2D eigenvalue weighted by Gasteiger charge is -1.99. The summed E-state index contributed by atoms with van der Waals surface area (Å²) in [6.45, 7) is 0. The Morgan fingerprint density at radius 1 is 0.947 bits per heavy atom. The third-order valence-corrected chi connectivity index (χ3v) is 2.86. The molecule has 93 valence electrons. The highest BCUT2D eigenvalue weighted by Gasteiger charge is 2.12. The first kappa shape index (κ1) is 11.6. The van der Waals surface area contributed by atoms with Crippen molar-refractivity contribution in [1.29, 1.82) is 0 Å². The lowest BCUT2D eigenvalue weighted by atomic mass is 10.1. The molecule has 0 bridgehead atoms. The van der Waals surface area contributed by atoms with Gasteiger partial charge in [0.2, 0.25) is 0 Å². The normalized spacial score (nSPS) is 13.7. The molecule has 1 aliphatic heterocycles. The zero-order valence-corrected chi connectivity index (χ0v) is 10.1. The Hall–Kier alpha value is -2.49. The summed E-state index contributed by atoms with van der Waals surface area (Å²) in [4.78, 5) is 3.97. The maximum atomic E-state index is 12.8. The third kappa shape index (κ3) is 2.68. The van der Waals surface area contributed by atoms with Gasteiger partial charge < -0.3 is 0 Å². The van der Waals surface area contributed by atoms with Crippen LogP contribution in [0.5, 0.6) is 0 Å². The van der Waals surface area contributed by atoms with E-state index in [1.807, 2.05) is 18.2 Å². The van der Waals surface area contributed by atoms with Gasteiger partial charge in [-0.2, -0.15) is 10.5 Å². The summed E-state index contributed by atoms with van der Waals surface area (Å²) < 4.78 is 12.8. The number of nitrogens with zero attached hydrogens (tertiary/aromatic N) is 3. The molecule has 1 radical (unpaired) electrons. The second-order valence-electron chi connectivity index (χ2n) is 4.26. The monoisotopic (exact) mass is 252 g/mol. The van der Waals surface area contributed by atoms with Crippen molar-refractivity contribution in [3.63, 3.8) is 0 Å². The largest absolute Gasteiger partial charge is 0.265 e. The Bertz CT molecular complexity index is 630. The lowest BCUT2D eigenvalue weighted by Crippen LogP contribution is -1.96. The second-order valence-corrected chi connectivity index (χ2v) is 4.26. The first-order chi connectivity index (χ1) is 9.31. The Kier molecular flexibility index (Phi) is 3.06. The molecule has 0 N–H and O–H groups in total. The Labute approximate surface area is 110 Å². The molecule has 0 saturated heterocycles. The molecule has 0 saturated carbocycles.